The van der Waals surface area contributed by atoms with Gasteiger partial charge in [-0.1, -0.05) is 65.8 Å². The zero-order chi connectivity index (χ0) is 22.0. The smallest absolute Gasteiger partial charge is 0.210 e. The number of halogens is 1. The number of pyridine rings is 1. The number of aromatic nitrogens is 3. The number of aromatic hydroxyl groups is 1. The number of thioether (sulfide) groups is 1. The maximum atomic E-state index is 12.3. The van der Waals surface area contributed by atoms with E-state index in [9.17, 15) is 9.67 Å². The topological polar surface area (TPSA) is 88.1 Å². The predicted molar refractivity (Wildman–Crippen MR) is 127 cm³/mol. The van der Waals surface area contributed by atoms with E-state index >= 15 is 0 Å². The first-order valence-corrected chi connectivity index (χ1v) is 13.3. The molecule has 1 unspecified atom stereocenters. The molecule has 0 saturated heterocycles. The van der Waals surface area contributed by atoms with Gasteiger partial charge < -0.3 is 14.6 Å². The first-order chi connectivity index (χ1) is 14.9. The fourth-order valence-electron chi connectivity index (χ4n) is 3.18. The number of rotatable bonds is 7. The van der Waals surface area contributed by atoms with Crippen LogP contribution >= 0.6 is 30.7 Å². The molecule has 2 N–H and O–H groups in total. The van der Waals surface area contributed by atoms with Gasteiger partial charge in [-0.3, -0.25) is 4.57 Å². The Morgan fingerprint density at radius 1 is 1.13 bits per heavy atom. The third-order valence-corrected chi connectivity index (χ3v) is 8.57. The third kappa shape index (κ3) is 4.96. The highest BCUT2D eigenvalue weighted by Crippen LogP contribution is 2.47. The summed E-state index contributed by atoms with van der Waals surface area (Å²) in [5.74, 6) is 0.232. The van der Waals surface area contributed by atoms with Crippen molar-refractivity contribution in [1.29, 1.82) is 0 Å². The van der Waals surface area contributed by atoms with Crippen molar-refractivity contribution in [2.45, 2.75) is 12.1 Å². The highest BCUT2D eigenvalue weighted by Gasteiger charge is 2.18. The lowest BCUT2D eigenvalue weighted by atomic mass is 10.0. The number of para-hydroxylation sites is 1. The standard InChI is InChI=1S/C22H21ClN3O3PS/c1-3-29-30(2,28)13-31-22-24-18-12-17(23)20(25-21(18)26-22)15-10-8-14(9-11-15)16-6-4-5-7-19(16)27/h4-12,27H,3,13H2,1-2H3,(H,24,25,26). The van der Waals surface area contributed by atoms with E-state index in [1.807, 2.05) is 43.3 Å². The fraction of sp³-hybridized carbons (Fsp3) is 0.182. The highest BCUT2D eigenvalue weighted by atomic mass is 35.5. The normalized spacial score (nSPS) is 13.4. The van der Waals surface area contributed by atoms with Crippen LogP contribution in [0.2, 0.25) is 5.02 Å². The summed E-state index contributed by atoms with van der Waals surface area (Å²) in [5, 5.41) is 11.2. The molecule has 1 atom stereocenters. The van der Waals surface area contributed by atoms with Crippen LogP contribution < -0.4 is 0 Å². The largest absolute Gasteiger partial charge is 0.507 e. The number of hydrogen-bond acceptors (Lipinski definition) is 6. The van der Waals surface area contributed by atoms with E-state index in [0.29, 0.717) is 39.1 Å². The van der Waals surface area contributed by atoms with Crippen LogP contribution in [-0.2, 0) is 9.09 Å². The van der Waals surface area contributed by atoms with Crippen molar-refractivity contribution in [2.75, 3.05) is 18.8 Å². The maximum absolute atomic E-state index is 12.3. The molecule has 2 heterocycles. The summed E-state index contributed by atoms with van der Waals surface area (Å²) in [6.07, 6.45) is 0. The number of nitrogens with one attached hydrogen (secondary N) is 1. The van der Waals surface area contributed by atoms with E-state index in [1.165, 1.54) is 11.8 Å². The van der Waals surface area contributed by atoms with Crippen molar-refractivity contribution in [3.63, 3.8) is 0 Å². The molecule has 0 spiro atoms. The Morgan fingerprint density at radius 2 is 1.84 bits per heavy atom. The zero-order valence-electron chi connectivity index (χ0n) is 17.0. The van der Waals surface area contributed by atoms with E-state index in [4.69, 9.17) is 16.1 Å². The number of benzene rings is 2. The first-order valence-electron chi connectivity index (χ1n) is 9.65. The Morgan fingerprint density at radius 3 is 2.55 bits per heavy atom. The lowest BCUT2D eigenvalue weighted by molar-refractivity contribution is 0.340. The van der Waals surface area contributed by atoms with Crippen molar-refractivity contribution in [2.24, 2.45) is 0 Å². The van der Waals surface area contributed by atoms with Gasteiger partial charge in [-0.2, -0.15) is 0 Å². The Balaban J connectivity index is 1.60. The summed E-state index contributed by atoms with van der Waals surface area (Å²) in [6.45, 7) is 3.86. The van der Waals surface area contributed by atoms with E-state index < -0.39 is 7.37 Å². The Kier molecular flexibility index (Phi) is 6.39. The van der Waals surface area contributed by atoms with Crippen LogP contribution in [0.4, 0.5) is 0 Å². The molecule has 0 amide bonds. The zero-order valence-corrected chi connectivity index (χ0v) is 19.5. The summed E-state index contributed by atoms with van der Waals surface area (Å²) in [5.41, 5.74) is 4.70. The number of aromatic amines is 1. The monoisotopic (exact) mass is 473 g/mol. The number of H-pyrrole nitrogens is 1. The van der Waals surface area contributed by atoms with Crippen molar-refractivity contribution in [3.8, 4) is 28.1 Å². The molecule has 2 aromatic heterocycles. The first kappa shape index (κ1) is 21.9. The molecule has 0 aliphatic carbocycles. The molecule has 6 nitrogen and oxygen atoms in total. The fourth-order valence-corrected chi connectivity index (χ4v) is 6.05. The number of phenols is 1. The van der Waals surface area contributed by atoms with E-state index in [2.05, 4.69) is 15.0 Å². The number of hydrogen-bond donors (Lipinski definition) is 2. The highest BCUT2D eigenvalue weighted by molar-refractivity contribution is 8.04. The lowest BCUT2D eigenvalue weighted by Gasteiger charge is -2.10. The van der Waals surface area contributed by atoms with Crippen molar-refractivity contribution in [3.05, 3.63) is 59.6 Å². The second-order valence-electron chi connectivity index (χ2n) is 7.03. The van der Waals surface area contributed by atoms with Crippen molar-refractivity contribution >= 4 is 41.9 Å². The van der Waals surface area contributed by atoms with Gasteiger partial charge in [0.15, 0.2) is 10.8 Å². The van der Waals surface area contributed by atoms with Gasteiger partial charge in [0.1, 0.15) is 5.75 Å². The minimum Gasteiger partial charge on any atom is -0.507 e. The Labute approximate surface area is 189 Å². The van der Waals surface area contributed by atoms with Crippen LogP contribution in [0.3, 0.4) is 0 Å². The molecule has 0 saturated carbocycles. The molecule has 31 heavy (non-hydrogen) atoms. The van der Waals surface area contributed by atoms with Crippen LogP contribution in [0.15, 0.2) is 59.8 Å². The number of phenolic OH excluding ortho intramolecular Hbond substituents is 1. The van der Waals surface area contributed by atoms with E-state index in [-0.39, 0.29) is 5.75 Å². The molecule has 160 valence electrons. The summed E-state index contributed by atoms with van der Waals surface area (Å²) in [4.78, 5) is 12.3. The van der Waals surface area contributed by atoms with Gasteiger partial charge in [0.25, 0.3) is 0 Å². The average molecular weight is 474 g/mol. The van der Waals surface area contributed by atoms with Crippen molar-refractivity contribution in [1.82, 2.24) is 15.0 Å². The molecule has 0 aliphatic heterocycles. The van der Waals surface area contributed by atoms with Crippen LogP contribution in [0.25, 0.3) is 33.5 Å². The summed E-state index contributed by atoms with van der Waals surface area (Å²) < 4.78 is 17.6. The molecule has 2 aromatic carbocycles. The number of fused-ring (bicyclic) bond motifs is 1. The van der Waals surface area contributed by atoms with Gasteiger partial charge in [0.05, 0.1) is 28.3 Å². The van der Waals surface area contributed by atoms with Gasteiger partial charge in [0.2, 0.25) is 7.37 Å². The van der Waals surface area contributed by atoms with Gasteiger partial charge in [-0.25, -0.2) is 9.97 Å². The third-order valence-electron chi connectivity index (χ3n) is 4.62. The summed E-state index contributed by atoms with van der Waals surface area (Å²) >= 11 is 7.84. The molecular weight excluding hydrogens is 453 g/mol. The van der Waals surface area contributed by atoms with Gasteiger partial charge in [-0.15, -0.1) is 0 Å². The van der Waals surface area contributed by atoms with Crippen LogP contribution in [0.1, 0.15) is 6.92 Å². The number of imidazole rings is 1. The average Bonchev–Trinajstić information content (AvgIpc) is 3.14. The molecule has 4 aromatic rings. The Bertz CT molecular complexity index is 1280. The van der Waals surface area contributed by atoms with Crippen LogP contribution in [-0.4, -0.2) is 38.8 Å². The SMILES string of the molecule is CCOP(C)(=O)CSc1nc2nc(-c3ccc(-c4ccccc4O)cc3)c(Cl)cc2[nH]1. The van der Waals surface area contributed by atoms with Crippen LogP contribution in [0.5, 0.6) is 5.75 Å². The van der Waals surface area contributed by atoms with Crippen LogP contribution in [0, 0.1) is 0 Å². The summed E-state index contributed by atoms with van der Waals surface area (Å²) in [7, 11) is -2.66. The molecular formula is C22H21ClN3O3PS. The lowest BCUT2D eigenvalue weighted by Crippen LogP contribution is -1.91. The Hall–Kier alpha value is -2.31. The molecule has 0 radical (unpaired) electrons. The minimum absolute atomic E-state index is 0.232. The minimum atomic E-state index is -2.66. The maximum Gasteiger partial charge on any atom is 0.210 e. The second kappa shape index (κ2) is 9.05. The molecule has 0 bridgehead atoms. The molecule has 4 rings (SSSR count). The van der Waals surface area contributed by atoms with Gasteiger partial charge in [0, 0.05) is 17.8 Å². The predicted octanol–water partition coefficient (Wildman–Crippen LogP) is 6.64. The molecule has 0 aliphatic rings. The van der Waals surface area contributed by atoms with Gasteiger partial charge in [-0.05, 0) is 24.6 Å². The van der Waals surface area contributed by atoms with E-state index in [1.54, 1.807) is 24.9 Å². The number of nitrogens with zero attached hydrogens (tertiary/aromatic N) is 2. The molecule has 0 fully saturated rings. The second-order valence-corrected chi connectivity index (χ2v) is 11.4. The summed E-state index contributed by atoms with van der Waals surface area (Å²) in [6, 6.07) is 16.7. The quantitative estimate of drug-likeness (QED) is 0.231. The van der Waals surface area contributed by atoms with E-state index in [0.717, 1.165) is 16.7 Å². The van der Waals surface area contributed by atoms with Gasteiger partial charge >= 0.3 is 0 Å². The van der Waals surface area contributed by atoms with Crippen molar-refractivity contribution < 1.29 is 14.2 Å². The molecule has 9 heteroatoms.